The predicted molar refractivity (Wildman–Crippen MR) is 85.9 cm³/mol. The Morgan fingerprint density at radius 3 is 2.05 bits per heavy atom. The van der Waals surface area contributed by atoms with E-state index in [0.29, 0.717) is 12.8 Å². The first kappa shape index (κ1) is 19.0. The Hall–Kier alpha value is -0.00312. The van der Waals surface area contributed by atoms with Crippen molar-refractivity contribution in [1.29, 1.82) is 0 Å². The fourth-order valence-corrected chi connectivity index (χ4v) is 4.52. The van der Waals surface area contributed by atoms with Crippen molar-refractivity contribution in [3.63, 3.8) is 0 Å². The van der Waals surface area contributed by atoms with Gasteiger partial charge in [0.2, 0.25) is 0 Å². The lowest BCUT2D eigenvalue weighted by Gasteiger charge is -2.41. The van der Waals surface area contributed by atoms with Gasteiger partial charge < -0.3 is 14.2 Å². The Kier molecular flexibility index (Phi) is 6.01. The van der Waals surface area contributed by atoms with E-state index in [-0.39, 0.29) is 22.8 Å². The number of carbonyl (C=O) groups is 1. The molecule has 1 fully saturated rings. The second-order valence-electron chi connectivity index (χ2n) is 7.64. The Morgan fingerprint density at radius 2 is 1.67 bits per heavy atom. The van der Waals surface area contributed by atoms with Crippen molar-refractivity contribution >= 4 is 21.7 Å². The van der Waals surface area contributed by atoms with E-state index in [4.69, 9.17) is 14.2 Å². The SMILES string of the molecule is CC(C)(C)[Si](C)(C)O[C@H]1CC[C@H](C(=O)CP(=O)(O)O)CC1. The maximum absolute atomic E-state index is 11.8. The van der Waals surface area contributed by atoms with Crippen molar-refractivity contribution in [3.8, 4) is 0 Å². The molecule has 0 aromatic rings. The molecule has 1 aliphatic rings. The molecule has 0 aliphatic heterocycles. The number of hydrogen-bond donors (Lipinski definition) is 2. The molecule has 1 rings (SSSR count). The van der Waals surface area contributed by atoms with Gasteiger partial charge in [0.05, 0.1) is 0 Å². The van der Waals surface area contributed by atoms with Crippen LogP contribution in [0.1, 0.15) is 46.5 Å². The van der Waals surface area contributed by atoms with E-state index in [2.05, 4.69) is 33.9 Å². The van der Waals surface area contributed by atoms with Crippen LogP contribution in [-0.2, 0) is 13.8 Å². The van der Waals surface area contributed by atoms with Gasteiger partial charge >= 0.3 is 7.60 Å². The molecule has 7 heteroatoms. The third-order valence-electron chi connectivity index (χ3n) is 4.76. The minimum Gasteiger partial charge on any atom is -0.414 e. The van der Waals surface area contributed by atoms with Gasteiger partial charge in [0, 0.05) is 12.0 Å². The molecule has 0 heterocycles. The Morgan fingerprint density at radius 1 is 1.19 bits per heavy atom. The topological polar surface area (TPSA) is 83.8 Å². The van der Waals surface area contributed by atoms with E-state index >= 15 is 0 Å². The first-order chi connectivity index (χ1) is 9.32. The molecule has 21 heavy (non-hydrogen) atoms. The summed E-state index contributed by atoms with van der Waals surface area (Å²) in [5, 5.41) is 0.167. The Labute approximate surface area is 128 Å². The summed E-state index contributed by atoms with van der Waals surface area (Å²) in [5.41, 5.74) is 0. The maximum Gasteiger partial charge on any atom is 0.332 e. The van der Waals surface area contributed by atoms with Crippen molar-refractivity contribution in [3.05, 3.63) is 0 Å². The molecule has 0 amide bonds. The number of rotatable bonds is 5. The van der Waals surface area contributed by atoms with Crippen molar-refractivity contribution in [2.75, 3.05) is 6.16 Å². The molecular formula is C14H29O5PSi. The zero-order valence-electron chi connectivity index (χ0n) is 13.8. The van der Waals surface area contributed by atoms with Crippen LogP contribution in [0, 0.1) is 5.92 Å². The minimum absolute atomic E-state index is 0.167. The van der Waals surface area contributed by atoms with E-state index in [1.165, 1.54) is 0 Å². The third kappa shape index (κ3) is 5.95. The zero-order chi connectivity index (χ0) is 16.5. The largest absolute Gasteiger partial charge is 0.414 e. The summed E-state index contributed by atoms with van der Waals surface area (Å²) >= 11 is 0. The van der Waals surface area contributed by atoms with E-state index in [9.17, 15) is 9.36 Å². The fraction of sp³-hybridized carbons (Fsp3) is 0.929. The number of hydrogen-bond acceptors (Lipinski definition) is 3. The molecule has 1 aliphatic carbocycles. The standard InChI is InChI=1S/C14H29O5PSi/c1-14(2,3)21(4,5)19-12-8-6-11(7-9-12)13(15)10-20(16,17)18/h11-12H,6-10H2,1-5H3,(H2,16,17,18)/t11-,12-. The Bertz CT molecular complexity index is 416. The smallest absolute Gasteiger partial charge is 0.332 e. The molecule has 1 saturated carbocycles. The minimum atomic E-state index is -4.23. The monoisotopic (exact) mass is 336 g/mol. The average molecular weight is 336 g/mol. The van der Waals surface area contributed by atoms with Crippen LogP contribution >= 0.6 is 7.60 Å². The number of carbonyl (C=O) groups excluding carboxylic acids is 1. The van der Waals surface area contributed by atoms with Crippen LogP contribution in [0.4, 0.5) is 0 Å². The van der Waals surface area contributed by atoms with Crippen LogP contribution in [0.5, 0.6) is 0 Å². The first-order valence-electron chi connectivity index (χ1n) is 7.57. The van der Waals surface area contributed by atoms with Crippen LogP contribution in [0.3, 0.4) is 0 Å². The summed E-state index contributed by atoms with van der Waals surface area (Å²) in [4.78, 5) is 29.6. The summed E-state index contributed by atoms with van der Waals surface area (Å²) in [5.74, 6) is -0.508. The second kappa shape index (κ2) is 6.63. The second-order valence-corrected chi connectivity index (χ2v) is 14.0. The molecule has 124 valence electrons. The summed E-state index contributed by atoms with van der Waals surface area (Å²) in [6.07, 6.45) is 2.54. The molecule has 0 spiro atoms. The van der Waals surface area contributed by atoms with Gasteiger partial charge in [-0.05, 0) is 43.8 Å². The maximum atomic E-state index is 11.8. The molecule has 5 nitrogen and oxygen atoms in total. The van der Waals surface area contributed by atoms with E-state index < -0.39 is 22.1 Å². The van der Waals surface area contributed by atoms with Crippen molar-refractivity contribution in [2.24, 2.45) is 5.92 Å². The highest BCUT2D eigenvalue weighted by Gasteiger charge is 2.40. The lowest BCUT2D eigenvalue weighted by atomic mass is 9.85. The molecular weight excluding hydrogens is 307 g/mol. The molecule has 0 aromatic carbocycles. The van der Waals surface area contributed by atoms with Crippen LogP contribution in [0.25, 0.3) is 0 Å². The lowest BCUT2D eigenvalue weighted by molar-refractivity contribution is -0.122. The molecule has 0 aromatic heterocycles. The number of Topliss-reactive ketones (excluding diaryl/α,β-unsaturated/α-hetero) is 1. The quantitative estimate of drug-likeness (QED) is 0.594. The molecule has 0 bridgehead atoms. The van der Waals surface area contributed by atoms with Crippen LogP contribution in [0.15, 0.2) is 0 Å². The van der Waals surface area contributed by atoms with Gasteiger partial charge in [-0.2, -0.15) is 0 Å². The molecule has 0 atom stereocenters. The van der Waals surface area contributed by atoms with Gasteiger partial charge in [-0.25, -0.2) is 0 Å². The third-order valence-corrected chi connectivity index (χ3v) is 10.0. The van der Waals surface area contributed by atoms with Gasteiger partial charge in [0.25, 0.3) is 0 Å². The highest BCUT2D eigenvalue weighted by Crippen LogP contribution is 2.41. The van der Waals surface area contributed by atoms with E-state index in [1.807, 2.05) is 0 Å². The predicted octanol–water partition coefficient (Wildman–Crippen LogP) is 3.31. The van der Waals surface area contributed by atoms with Gasteiger partial charge in [-0.1, -0.05) is 20.8 Å². The van der Waals surface area contributed by atoms with Gasteiger partial charge in [0.15, 0.2) is 8.32 Å². The van der Waals surface area contributed by atoms with Gasteiger partial charge in [-0.3, -0.25) is 9.36 Å². The van der Waals surface area contributed by atoms with Crippen molar-refractivity contribution in [1.82, 2.24) is 0 Å². The van der Waals surface area contributed by atoms with Gasteiger partial charge in [-0.15, -0.1) is 0 Å². The molecule has 2 N–H and O–H groups in total. The van der Waals surface area contributed by atoms with Crippen molar-refractivity contribution < 1.29 is 23.6 Å². The summed E-state index contributed by atoms with van der Waals surface area (Å²) in [7, 11) is -6.02. The van der Waals surface area contributed by atoms with Gasteiger partial charge in [0.1, 0.15) is 11.9 Å². The highest BCUT2D eigenvalue weighted by atomic mass is 31.2. The molecule has 0 unspecified atom stereocenters. The summed E-state index contributed by atoms with van der Waals surface area (Å²) < 4.78 is 17.2. The average Bonchev–Trinajstić information content (AvgIpc) is 2.25. The van der Waals surface area contributed by atoms with E-state index in [1.54, 1.807) is 0 Å². The number of ketones is 1. The first-order valence-corrected chi connectivity index (χ1v) is 12.3. The summed E-state index contributed by atoms with van der Waals surface area (Å²) in [6, 6.07) is 0. The summed E-state index contributed by atoms with van der Waals surface area (Å²) in [6.45, 7) is 11.0. The molecule has 0 radical (unpaired) electrons. The normalized spacial score (nSPS) is 24.9. The highest BCUT2D eigenvalue weighted by molar-refractivity contribution is 7.52. The zero-order valence-corrected chi connectivity index (χ0v) is 15.7. The fourth-order valence-electron chi connectivity index (χ4n) is 2.43. The van der Waals surface area contributed by atoms with Crippen molar-refractivity contribution in [2.45, 2.75) is 70.7 Å². The van der Waals surface area contributed by atoms with E-state index in [0.717, 1.165) is 12.8 Å². The van der Waals surface area contributed by atoms with Crippen LogP contribution in [-0.4, -0.2) is 36.2 Å². The lowest BCUT2D eigenvalue weighted by Crippen LogP contribution is -2.45. The van der Waals surface area contributed by atoms with Crippen LogP contribution < -0.4 is 0 Å². The van der Waals surface area contributed by atoms with Crippen LogP contribution in [0.2, 0.25) is 18.1 Å². The Balaban J connectivity index is 2.50. The molecule has 0 saturated heterocycles.